The quantitative estimate of drug-likeness (QED) is 0.415. The zero-order valence-corrected chi connectivity index (χ0v) is 20.0. The van der Waals surface area contributed by atoms with E-state index >= 15 is 0 Å². The van der Waals surface area contributed by atoms with Gasteiger partial charge in [-0.15, -0.1) is 0 Å². The number of ether oxygens (including phenoxy) is 2. The van der Waals surface area contributed by atoms with E-state index in [9.17, 15) is 13.2 Å². The second-order valence-electron chi connectivity index (χ2n) is 8.52. The largest absolute Gasteiger partial charge is 0.492 e. The number of likely N-dealkylation sites (tertiary alicyclic amines) is 1. The minimum Gasteiger partial charge on any atom is -0.492 e. The van der Waals surface area contributed by atoms with Gasteiger partial charge < -0.3 is 19.4 Å². The molecule has 35 heavy (non-hydrogen) atoms. The van der Waals surface area contributed by atoms with Gasteiger partial charge in [0, 0.05) is 44.3 Å². The molecule has 9 heteroatoms. The molecule has 3 heterocycles. The van der Waals surface area contributed by atoms with Crippen LogP contribution in [0.5, 0.6) is 11.5 Å². The molecule has 1 aliphatic heterocycles. The Bertz CT molecular complexity index is 1050. The summed E-state index contributed by atoms with van der Waals surface area (Å²) in [5.74, 6) is 2.05. The number of nitrogens with zero attached hydrogens (tertiary/aromatic N) is 3. The Morgan fingerprint density at radius 3 is 2.14 bits per heavy atom. The molecule has 0 radical (unpaired) electrons. The lowest BCUT2D eigenvalue weighted by molar-refractivity contribution is -0.137. The highest BCUT2D eigenvalue weighted by molar-refractivity contribution is 5.59. The number of alkyl halides is 3. The van der Waals surface area contributed by atoms with Gasteiger partial charge in [0.05, 0.1) is 18.8 Å². The summed E-state index contributed by atoms with van der Waals surface area (Å²) in [6.07, 6.45) is 2.20. The van der Waals surface area contributed by atoms with Crippen LogP contribution in [0.2, 0.25) is 0 Å². The molecule has 1 aromatic carbocycles. The number of halogens is 3. The first-order valence-electron chi connectivity index (χ1n) is 12.0. The van der Waals surface area contributed by atoms with E-state index in [4.69, 9.17) is 9.47 Å². The second-order valence-corrected chi connectivity index (χ2v) is 8.52. The van der Waals surface area contributed by atoms with Crippen LogP contribution in [-0.2, 0) is 12.7 Å². The monoisotopic (exact) mass is 488 g/mol. The molecule has 0 saturated carbocycles. The molecule has 1 fully saturated rings. The topological polar surface area (TPSA) is 51.6 Å². The van der Waals surface area contributed by atoms with Crippen molar-refractivity contribution in [2.45, 2.75) is 45.5 Å². The van der Waals surface area contributed by atoms with Crippen LogP contribution in [0.1, 0.15) is 37.8 Å². The Labute approximate surface area is 203 Å². The fourth-order valence-corrected chi connectivity index (χ4v) is 4.35. The minimum absolute atomic E-state index is 0.171. The van der Waals surface area contributed by atoms with E-state index in [1.165, 1.54) is 6.07 Å². The fraction of sp³-hybridized carbons (Fsp3) is 0.423. The number of nitrogens with one attached hydrogen (secondary N) is 1. The second kappa shape index (κ2) is 11.0. The molecule has 1 saturated heterocycles. The van der Waals surface area contributed by atoms with Crippen molar-refractivity contribution in [1.82, 2.24) is 14.5 Å². The molecule has 0 aliphatic carbocycles. The summed E-state index contributed by atoms with van der Waals surface area (Å²) >= 11 is 0. The maximum absolute atomic E-state index is 12.7. The van der Waals surface area contributed by atoms with Gasteiger partial charge in [0.2, 0.25) is 0 Å². The van der Waals surface area contributed by atoms with Gasteiger partial charge in [0.1, 0.15) is 23.0 Å². The average molecular weight is 489 g/mol. The van der Waals surface area contributed by atoms with Gasteiger partial charge in [0.15, 0.2) is 0 Å². The van der Waals surface area contributed by atoms with Crippen LogP contribution < -0.4 is 14.8 Å². The molecule has 0 unspecified atom stereocenters. The molecular weight excluding hydrogens is 457 g/mol. The van der Waals surface area contributed by atoms with Gasteiger partial charge in [-0.25, -0.2) is 4.98 Å². The van der Waals surface area contributed by atoms with Crippen LogP contribution in [0.25, 0.3) is 5.69 Å². The van der Waals surface area contributed by atoms with E-state index in [1.54, 1.807) is 0 Å². The number of anilines is 1. The standard InChI is InChI=1S/C26H31F3N4O2/c1-3-34-22-15-19(16-23(35-4-2)25(22)33-11-5-6-12-33)18-32-13-9-21(10-14-32)31-24-8-7-20(17-30-24)26(27,28)29/h5-8,11-12,15-17,21H,3-4,9-10,13-14,18H2,1-2H3,(H,30,31). The summed E-state index contributed by atoms with van der Waals surface area (Å²) in [7, 11) is 0. The predicted octanol–water partition coefficient (Wildman–Crippen LogP) is 5.77. The normalized spacial score (nSPS) is 15.2. The van der Waals surface area contributed by atoms with E-state index in [2.05, 4.69) is 27.3 Å². The Balaban J connectivity index is 1.40. The van der Waals surface area contributed by atoms with Crippen molar-refractivity contribution in [2.24, 2.45) is 0 Å². The van der Waals surface area contributed by atoms with Crippen molar-refractivity contribution in [3.05, 3.63) is 66.1 Å². The molecule has 1 aliphatic rings. The number of aromatic nitrogens is 2. The third-order valence-corrected chi connectivity index (χ3v) is 6.00. The molecule has 188 valence electrons. The minimum atomic E-state index is -4.37. The SMILES string of the molecule is CCOc1cc(CN2CCC(Nc3ccc(C(F)(F)F)cn3)CC2)cc(OCC)c1-n1cccc1. The van der Waals surface area contributed by atoms with Gasteiger partial charge in [-0.05, 0) is 68.7 Å². The van der Waals surface area contributed by atoms with Crippen molar-refractivity contribution in [3.8, 4) is 17.2 Å². The van der Waals surface area contributed by atoms with E-state index in [0.29, 0.717) is 19.0 Å². The molecule has 0 spiro atoms. The molecule has 4 rings (SSSR count). The lowest BCUT2D eigenvalue weighted by Crippen LogP contribution is -2.38. The maximum atomic E-state index is 12.7. The number of hydrogen-bond donors (Lipinski definition) is 1. The van der Waals surface area contributed by atoms with Gasteiger partial charge in [-0.3, -0.25) is 4.90 Å². The highest BCUT2D eigenvalue weighted by Crippen LogP contribution is 2.36. The Kier molecular flexibility index (Phi) is 7.85. The molecule has 3 aromatic rings. The molecule has 6 nitrogen and oxygen atoms in total. The summed E-state index contributed by atoms with van der Waals surface area (Å²) in [5.41, 5.74) is 1.27. The number of rotatable bonds is 9. The molecule has 1 N–H and O–H groups in total. The first kappa shape index (κ1) is 24.9. The van der Waals surface area contributed by atoms with E-state index < -0.39 is 11.7 Å². The van der Waals surface area contributed by atoms with Gasteiger partial charge in [0.25, 0.3) is 0 Å². The molecule has 0 bridgehead atoms. The van der Waals surface area contributed by atoms with E-state index in [1.807, 2.05) is 42.9 Å². The van der Waals surface area contributed by atoms with Crippen LogP contribution in [0.15, 0.2) is 55.0 Å². The summed E-state index contributed by atoms with van der Waals surface area (Å²) in [6, 6.07) is 10.7. The van der Waals surface area contributed by atoms with E-state index in [0.717, 1.165) is 67.5 Å². The maximum Gasteiger partial charge on any atom is 0.417 e. The summed E-state index contributed by atoms with van der Waals surface area (Å²) < 4.78 is 52.2. The number of benzene rings is 1. The smallest absolute Gasteiger partial charge is 0.417 e. The van der Waals surface area contributed by atoms with Gasteiger partial charge in [-0.2, -0.15) is 13.2 Å². The van der Waals surface area contributed by atoms with Crippen LogP contribution in [0, 0.1) is 0 Å². The lowest BCUT2D eigenvalue weighted by atomic mass is 10.0. The van der Waals surface area contributed by atoms with Gasteiger partial charge >= 0.3 is 6.18 Å². The zero-order valence-electron chi connectivity index (χ0n) is 20.0. The molecule has 0 atom stereocenters. The van der Waals surface area contributed by atoms with Crippen LogP contribution in [0.3, 0.4) is 0 Å². The van der Waals surface area contributed by atoms with Crippen LogP contribution in [-0.4, -0.2) is 46.8 Å². The van der Waals surface area contributed by atoms with E-state index in [-0.39, 0.29) is 6.04 Å². The van der Waals surface area contributed by atoms with Crippen molar-refractivity contribution in [2.75, 3.05) is 31.6 Å². The predicted molar refractivity (Wildman–Crippen MR) is 129 cm³/mol. The average Bonchev–Trinajstić information content (AvgIpc) is 3.35. The summed E-state index contributed by atoms with van der Waals surface area (Å²) in [5, 5.41) is 3.27. The highest BCUT2D eigenvalue weighted by Gasteiger charge is 2.30. The highest BCUT2D eigenvalue weighted by atomic mass is 19.4. The number of piperidine rings is 1. The summed E-state index contributed by atoms with van der Waals surface area (Å²) in [6.45, 7) is 7.54. The first-order valence-corrected chi connectivity index (χ1v) is 12.0. The van der Waals surface area contributed by atoms with Crippen molar-refractivity contribution in [1.29, 1.82) is 0 Å². The van der Waals surface area contributed by atoms with Gasteiger partial charge in [-0.1, -0.05) is 0 Å². The van der Waals surface area contributed by atoms with Crippen LogP contribution >= 0.6 is 0 Å². The molecule has 2 aromatic heterocycles. The summed E-state index contributed by atoms with van der Waals surface area (Å²) in [4.78, 5) is 6.30. The number of hydrogen-bond acceptors (Lipinski definition) is 5. The lowest BCUT2D eigenvalue weighted by Gasteiger charge is -2.33. The van der Waals surface area contributed by atoms with Crippen molar-refractivity contribution in [3.63, 3.8) is 0 Å². The zero-order chi connectivity index (χ0) is 24.8. The Morgan fingerprint density at radius 2 is 1.63 bits per heavy atom. The fourth-order valence-electron chi connectivity index (χ4n) is 4.35. The Hall–Kier alpha value is -3.20. The first-order chi connectivity index (χ1) is 16.9. The van der Waals surface area contributed by atoms with Crippen LogP contribution in [0.4, 0.5) is 19.0 Å². The Morgan fingerprint density at radius 1 is 1.00 bits per heavy atom. The molecular formula is C26H31F3N4O2. The number of pyridine rings is 1. The van der Waals surface area contributed by atoms with Crippen molar-refractivity contribution >= 4 is 5.82 Å². The molecule has 0 amide bonds. The third-order valence-electron chi connectivity index (χ3n) is 6.00. The third kappa shape index (κ3) is 6.28. The van der Waals surface area contributed by atoms with Crippen molar-refractivity contribution < 1.29 is 22.6 Å².